The van der Waals surface area contributed by atoms with Crippen molar-refractivity contribution in [2.75, 3.05) is 6.54 Å². The van der Waals surface area contributed by atoms with Crippen LogP contribution in [0.5, 0.6) is 0 Å². The highest BCUT2D eigenvalue weighted by atomic mass is 16.4. The molecule has 1 amide bonds. The molecule has 0 aliphatic carbocycles. The lowest BCUT2D eigenvalue weighted by atomic mass is 10.0. The van der Waals surface area contributed by atoms with E-state index in [-0.39, 0.29) is 24.4 Å². The van der Waals surface area contributed by atoms with Gasteiger partial charge in [0.15, 0.2) is 0 Å². The first kappa shape index (κ1) is 16.7. The van der Waals surface area contributed by atoms with Crippen LogP contribution < -0.4 is 5.32 Å². The Kier molecular flexibility index (Phi) is 6.95. The van der Waals surface area contributed by atoms with Crippen LogP contribution in [0.1, 0.15) is 30.9 Å². The van der Waals surface area contributed by atoms with Gasteiger partial charge in [-0.15, -0.1) is 0 Å². The molecule has 1 aromatic carbocycles. The average molecular weight is 287 g/mol. The van der Waals surface area contributed by atoms with Crippen molar-refractivity contribution in [3.63, 3.8) is 0 Å². The summed E-state index contributed by atoms with van der Waals surface area (Å²) in [5.41, 5.74) is 2.36. The second kappa shape index (κ2) is 8.74. The number of hydrogen-bond acceptors (Lipinski definition) is 2. The van der Waals surface area contributed by atoms with E-state index in [1.165, 1.54) is 5.56 Å². The third-order valence-corrected chi connectivity index (χ3v) is 3.01. The Morgan fingerprint density at radius 3 is 2.48 bits per heavy atom. The monoisotopic (exact) mass is 287 g/mol. The maximum absolute atomic E-state index is 11.2. The van der Waals surface area contributed by atoms with Gasteiger partial charge in [-0.05, 0) is 36.1 Å². The number of carboxylic acids is 1. The Balaban J connectivity index is 2.72. The molecule has 0 saturated carbocycles. The fraction of sp³-hybridized carbons (Fsp3) is 0.294. The smallest absolute Gasteiger partial charge is 0.331 e. The van der Waals surface area contributed by atoms with Crippen LogP contribution in [0.3, 0.4) is 0 Å². The molecule has 21 heavy (non-hydrogen) atoms. The summed E-state index contributed by atoms with van der Waals surface area (Å²) in [4.78, 5) is 22.2. The van der Waals surface area contributed by atoms with Gasteiger partial charge in [-0.3, -0.25) is 4.79 Å². The minimum atomic E-state index is -0.972. The fourth-order valence-electron chi connectivity index (χ4n) is 1.90. The number of carbonyl (C=O) groups is 2. The van der Waals surface area contributed by atoms with Crippen LogP contribution in [0.25, 0.3) is 6.08 Å². The van der Waals surface area contributed by atoms with Crippen LogP contribution >= 0.6 is 0 Å². The second-order valence-corrected chi connectivity index (χ2v) is 4.71. The lowest BCUT2D eigenvalue weighted by Gasteiger charge is -2.05. The second-order valence-electron chi connectivity index (χ2n) is 4.71. The van der Waals surface area contributed by atoms with Crippen molar-refractivity contribution in [2.45, 2.75) is 26.2 Å². The van der Waals surface area contributed by atoms with Crippen LogP contribution in [-0.2, 0) is 16.0 Å². The summed E-state index contributed by atoms with van der Waals surface area (Å²) in [6.45, 7) is 5.74. The molecule has 2 N–H and O–H groups in total. The number of aryl methyl sites for hydroxylation is 1. The van der Waals surface area contributed by atoms with Gasteiger partial charge in [0.2, 0.25) is 5.91 Å². The lowest BCUT2D eigenvalue weighted by Crippen LogP contribution is -2.23. The van der Waals surface area contributed by atoms with Crippen LogP contribution in [0.15, 0.2) is 42.5 Å². The SMILES string of the molecule is C=CC(=O)NCC/C(=C\c1ccc(CCC)cc1)C(=O)O. The maximum atomic E-state index is 11.2. The van der Waals surface area contributed by atoms with Crippen LogP contribution in [-0.4, -0.2) is 23.5 Å². The molecule has 0 unspecified atom stereocenters. The van der Waals surface area contributed by atoms with Gasteiger partial charge < -0.3 is 10.4 Å². The van der Waals surface area contributed by atoms with E-state index in [9.17, 15) is 14.7 Å². The Bertz CT molecular complexity index is 529. The number of rotatable bonds is 8. The summed E-state index contributed by atoms with van der Waals surface area (Å²) in [5.74, 6) is -1.27. The van der Waals surface area contributed by atoms with Crippen molar-refractivity contribution in [1.29, 1.82) is 0 Å². The van der Waals surface area contributed by atoms with E-state index in [0.29, 0.717) is 0 Å². The number of benzene rings is 1. The van der Waals surface area contributed by atoms with E-state index < -0.39 is 5.97 Å². The fourth-order valence-corrected chi connectivity index (χ4v) is 1.90. The molecule has 0 aliphatic heterocycles. The van der Waals surface area contributed by atoms with Crippen molar-refractivity contribution in [3.8, 4) is 0 Å². The van der Waals surface area contributed by atoms with Gasteiger partial charge in [0, 0.05) is 12.1 Å². The Morgan fingerprint density at radius 2 is 1.95 bits per heavy atom. The normalized spacial score (nSPS) is 11.0. The Hall–Kier alpha value is -2.36. The third-order valence-electron chi connectivity index (χ3n) is 3.01. The Labute approximate surface area is 125 Å². The molecular formula is C17H21NO3. The number of aliphatic carboxylic acids is 1. The topological polar surface area (TPSA) is 66.4 Å². The third kappa shape index (κ3) is 6.08. The highest BCUT2D eigenvalue weighted by molar-refractivity contribution is 5.92. The van der Waals surface area contributed by atoms with Gasteiger partial charge in [0.05, 0.1) is 0 Å². The molecule has 1 aromatic rings. The quantitative estimate of drug-likeness (QED) is 0.722. The summed E-state index contributed by atoms with van der Waals surface area (Å²) in [6.07, 6.45) is 5.17. The predicted octanol–water partition coefficient (Wildman–Crippen LogP) is 2.80. The summed E-state index contributed by atoms with van der Waals surface area (Å²) >= 11 is 0. The van der Waals surface area contributed by atoms with Gasteiger partial charge in [-0.2, -0.15) is 0 Å². The molecule has 0 spiro atoms. The molecule has 0 radical (unpaired) electrons. The van der Waals surface area contributed by atoms with Gasteiger partial charge in [0.1, 0.15) is 0 Å². The molecule has 112 valence electrons. The predicted molar refractivity (Wildman–Crippen MR) is 83.9 cm³/mol. The van der Waals surface area contributed by atoms with E-state index >= 15 is 0 Å². The molecule has 4 heteroatoms. The molecule has 0 saturated heterocycles. The van der Waals surface area contributed by atoms with E-state index in [1.807, 2.05) is 24.3 Å². The molecule has 1 rings (SSSR count). The van der Waals surface area contributed by atoms with E-state index in [1.54, 1.807) is 6.08 Å². The first-order chi connectivity index (χ1) is 10.1. The van der Waals surface area contributed by atoms with Crippen molar-refractivity contribution >= 4 is 18.0 Å². The molecule has 0 fully saturated rings. The highest BCUT2D eigenvalue weighted by Crippen LogP contribution is 2.12. The zero-order valence-corrected chi connectivity index (χ0v) is 12.3. The summed E-state index contributed by atoms with van der Waals surface area (Å²) in [7, 11) is 0. The number of nitrogens with one attached hydrogen (secondary N) is 1. The van der Waals surface area contributed by atoms with E-state index in [4.69, 9.17) is 0 Å². The molecule has 0 heterocycles. The minimum absolute atomic E-state index is 0.266. The van der Waals surface area contributed by atoms with E-state index in [2.05, 4.69) is 18.8 Å². The van der Waals surface area contributed by atoms with Crippen molar-refractivity contribution in [3.05, 3.63) is 53.6 Å². The first-order valence-electron chi connectivity index (χ1n) is 7.00. The molecule has 0 bridgehead atoms. The average Bonchev–Trinajstić information content (AvgIpc) is 2.48. The molecule has 0 aliphatic rings. The van der Waals surface area contributed by atoms with Crippen LogP contribution in [0.4, 0.5) is 0 Å². The molecule has 0 aromatic heterocycles. The zero-order chi connectivity index (χ0) is 15.7. The van der Waals surface area contributed by atoms with Gasteiger partial charge in [0.25, 0.3) is 0 Å². The molecular weight excluding hydrogens is 266 g/mol. The van der Waals surface area contributed by atoms with Crippen LogP contribution in [0, 0.1) is 0 Å². The van der Waals surface area contributed by atoms with Gasteiger partial charge in [-0.1, -0.05) is 44.2 Å². The number of carbonyl (C=O) groups excluding carboxylic acids is 1. The zero-order valence-electron chi connectivity index (χ0n) is 12.3. The lowest BCUT2D eigenvalue weighted by molar-refractivity contribution is -0.132. The largest absolute Gasteiger partial charge is 0.478 e. The number of hydrogen-bond donors (Lipinski definition) is 2. The number of carboxylic acid groups (broad SMARTS) is 1. The standard InChI is InChI=1S/C17H21NO3/c1-3-5-13-6-8-14(9-7-13)12-15(17(20)21)10-11-18-16(19)4-2/h4,6-9,12H,2-3,5,10-11H2,1H3,(H,18,19)(H,20,21)/b15-12+. The molecule has 4 nitrogen and oxygen atoms in total. The first-order valence-corrected chi connectivity index (χ1v) is 7.00. The van der Waals surface area contributed by atoms with Crippen molar-refractivity contribution in [2.24, 2.45) is 0 Å². The van der Waals surface area contributed by atoms with Crippen LogP contribution in [0.2, 0.25) is 0 Å². The minimum Gasteiger partial charge on any atom is -0.478 e. The summed E-state index contributed by atoms with van der Waals surface area (Å²) in [5, 5.41) is 11.8. The van der Waals surface area contributed by atoms with Gasteiger partial charge >= 0.3 is 5.97 Å². The van der Waals surface area contributed by atoms with Gasteiger partial charge in [-0.25, -0.2) is 4.79 Å². The Morgan fingerprint density at radius 1 is 1.29 bits per heavy atom. The summed E-state index contributed by atoms with van der Waals surface area (Å²) in [6, 6.07) is 7.84. The maximum Gasteiger partial charge on any atom is 0.331 e. The van der Waals surface area contributed by atoms with E-state index in [0.717, 1.165) is 24.5 Å². The highest BCUT2D eigenvalue weighted by Gasteiger charge is 2.07. The number of amides is 1. The molecule has 0 atom stereocenters. The summed E-state index contributed by atoms with van der Waals surface area (Å²) < 4.78 is 0. The van der Waals surface area contributed by atoms with Crippen molar-refractivity contribution in [1.82, 2.24) is 5.32 Å². The van der Waals surface area contributed by atoms with Crippen molar-refractivity contribution < 1.29 is 14.7 Å².